The van der Waals surface area contributed by atoms with Gasteiger partial charge in [0.15, 0.2) is 0 Å². The molecule has 1 heterocycles. The summed E-state index contributed by atoms with van der Waals surface area (Å²) in [4.78, 5) is 10.8. The van der Waals surface area contributed by atoms with E-state index in [-0.39, 0.29) is 18.0 Å². The first-order chi connectivity index (χ1) is 7.63. The van der Waals surface area contributed by atoms with Gasteiger partial charge >= 0.3 is 0 Å². The SMILES string of the molecule is CC(=O)NC(C)CNC(C#N)c1ccsc1. The molecule has 0 bridgehead atoms. The highest BCUT2D eigenvalue weighted by Crippen LogP contribution is 2.15. The highest BCUT2D eigenvalue weighted by atomic mass is 32.1. The van der Waals surface area contributed by atoms with Crippen LogP contribution in [-0.4, -0.2) is 18.5 Å². The van der Waals surface area contributed by atoms with E-state index in [1.165, 1.54) is 6.92 Å². The lowest BCUT2D eigenvalue weighted by atomic mass is 10.1. The third-order valence-electron chi connectivity index (χ3n) is 2.08. The Balaban J connectivity index is 2.41. The van der Waals surface area contributed by atoms with E-state index in [1.807, 2.05) is 23.8 Å². The van der Waals surface area contributed by atoms with E-state index in [9.17, 15) is 4.79 Å². The minimum absolute atomic E-state index is 0.0204. The van der Waals surface area contributed by atoms with Crippen LogP contribution in [0.5, 0.6) is 0 Å². The molecule has 0 aliphatic heterocycles. The molecule has 0 saturated carbocycles. The van der Waals surface area contributed by atoms with Crippen molar-refractivity contribution in [3.63, 3.8) is 0 Å². The molecule has 0 aliphatic rings. The Morgan fingerprint density at radius 3 is 2.94 bits per heavy atom. The van der Waals surface area contributed by atoms with Crippen LogP contribution in [0.3, 0.4) is 0 Å². The number of carbonyl (C=O) groups is 1. The Morgan fingerprint density at radius 2 is 2.44 bits per heavy atom. The van der Waals surface area contributed by atoms with Crippen LogP contribution >= 0.6 is 11.3 Å². The Bertz CT molecular complexity index is 369. The Morgan fingerprint density at radius 1 is 1.69 bits per heavy atom. The normalized spacial score (nSPS) is 13.8. The fourth-order valence-electron chi connectivity index (χ4n) is 1.37. The van der Waals surface area contributed by atoms with Crippen molar-refractivity contribution in [1.82, 2.24) is 10.6 Å². The lowest BCUT2D eigenvalue weighted by molar-refractivity contribution is -0.119. The zero-order chi connectivity index (χ0) is 12.0. The lowest BCUT2D eigenvalue weighted by Gasteiger charge is -2.16. The number of hydrogen-bond donors (Lipinski definition) is 2. The van der Waals surface area contributed by atoms with E-state index in [0.717, 1.165) is 5.56 Å². The Labute approximate surface area is 99.3 Å². The van der Waals surface area contributed by atoms with Gasteiger partial charge in [0.2, 0.25) is 5.91 Å². The predicted octanol–water partition coefficient (Wildman–Crippen LogP) is 1.43. The molecule has 1 aromatic rings. The summed E-state index contributed by atoms with van der Waals surface area (Å²) in [5.41, 5.74) is 0.975. The second kappa shape index (κ2) is 6.26. The van der Waals surface area contributed by atoms with Gasteiger partial charge in [0.25, 0.3) is 0 Å². The number of rotatable bonds is 5. The molecular weight excluding hydrogens is 222 g/mol. The highest BCUT2D eigenvalue weighted by Gasteiger charge is 2.11. The summed E-state index contributed by atoms with van der Waals surface area (Å²) in [5.74, 6) is -0.0571. The molecule has 1 aromatic heterocycles. The van der Waals surface area contributed by atoms with Crippen LogP contribution in [0.15, 0.2) is 16.8 Å². The maximum atomic E-state index is 10.8. The average Bonchev–Trinajstić information content (AvgIpc) is 2.71. The van der Waals surface area contributed by atoms with Crippen LogP contribution in [-0.2, 0) is 4.79 Å². The monoisotopic (exact) mass is 237 g/mol. The van der Waals surface area contributed by atoms with E-state index in [2.05, 4.69) is 16.7 Å². The summed E-state index contributed by atoms with van der Waals surface area (Å²) in [5, 5.41) is 18.8. The molecule has 0 fully saturated rings. The van der Waals surface area contributed by atoms with E-state index in [1.54, 1.807) is 11.3 Å². The second-order valence-electron chi connectivity index (χ2n) is 3.63. The van der Waals surface area contributed by atoms with Gasteiger partial charge in [-0.2, -0.15) is 16.6 Å². The first kappa shape index (κ1) is 12.7. The van der Waals surface area contributed by atoms with Crippen molar-refractivity contribution >= 4 is 17.2 Å². The second-order valence-corrected chi connectivity index (χ2v) is 4.41. The number of thiophene rings is 1. The number of nitriles is 1. The van der Waals surface area contributed by atoms with Crippen LogP contribution in [0.25, 0.3) is 0 Å². The molecule has 1 amide bonds. The zero-order valence-corrected chi connectivity index (χ0v) is 10.2. The average molecular weight is 237 g/mol. The minimum atomic E-state index is -0.303. The van der Waals surface area contributed by atoms with Crippen molar-refractivity contribution in [1.29, 1.82) is 5.26 Å². The van der Waals surface area contributed by atoms with Gasteiger partial charge in [0.05, 0.1) is 6.07 Å². The molecule has 0 radical (unpaired) electrons. The number of nitrogens with zero attached hydrogens (tertiary/aromatic N) is 1. The van der Waals surface area contributed by atoms with Crippen LogP contribution in [0.1, 0.15) is 25.5 Å². The van der Waals surface area contributed by atoms with Gasteiger partial charge in [-0.3, -0.25) is 10.1 Å². The summed E-state index contributed by atoms with van der Waals surface area (Å²) in [6, 6.07) is 3.84. The maximum Gasteiger partial charge on any atom is 0.217 e. The van der Waals surface area contributed by atoms with Gasteiger partial charge in [0.1, 0.15) is 6.04 Å². The van der Waals surface area contributed by atoms with Gasteiger partial charge in [-0.15, -0.1) is 0 Å². The van der Waals surface area contributed by atoms with Crippen molar-refractivity contribution < 1.29 is 4.79 Å². The van der Waals surface area contributed by atoms with Crippen molar-refractivity contribution in [2.24, 2.45) is 0 Å². The molecule has 2 N–H and O–H groups in total. The van der Waals surface area contributed by atoms with Gasteiger partial charge in [-0.1, -0.05) is 0 Å². The molecule has 4 nitrogen and oxygen atoms in total. The Kier molecular flexibility index (Phi) is 4.96. The summed E-state index contributed by atoms with van der Waals surface area (Å²) in [7, 11) is 0. The van der Waals surface area contributed by atoms with Crippen molar-refractivity contribution in [2.45, 2.75) is 25.9 Å². The first-order valence-electron chi connectivity index (χ1n) is 5.05. The van der Waals surface area contributed by atoms with E-state index in [4.69, 9.17) is 5.26 Å². The number of amides is 1. The van der Waals surface area contributed by atoms with Gasteiger partial charge < -0.3 is 5.32 Å². The number of nitrogens with one attached hydrogen (secondary N) is 2. The predicted molar refractivity (Wildman–Crippen MR) is 64.0 cm³/mol. The summed E-state index contributed by atoms with van der Waals surface area (Å²) < 4.78 is 0. The van der Waals surface area contributed by atoms with Crippen LogP contribution < -0.4 is 10.6 Å². The largest absolute Gasteiger partial charge is 0.353 e. The third kappa shape index (κ3) is 4.01. The van der Waals surface area contributed by atoms with Gasteiger partial charge in [0, 0.05) is 19.5 Å². The third-order valence-corrected chi connectivity index (χ3v) is 2.78. The summed E-state index contributed by atoms with van der Waals surface area (Å²) in [6.45, 7) is 3.96. The fourth-order valence-corrected chi connectivity index (χ4v) is 2.06. The van der Waals surface area contributed by atoms with Gasteiger partial charge in [-0.25, -0.2) is 0 Å². The molecule has 0 aliphatic carbocycles. The van der Waals surface area contributed by atoms with Crippen LogP contribution in [0.2, 0.25) is 0 Å². The summed E-state index contributed by atoms with van der Waals surface area (Å²) >= 11 is 1.57. The molecule has 0 aromatic carbocycles. The highest BCUT2D eigenvalue weighted by molar-refractivity contribution is 7.08. The van der Waals surface area contributed by atoms with E-state index < -0.39 is 0 Å². The van der Waals surface area contributed by atoms with E-state index in [0.29, 0.717) is 6.54 Å². The summed E-state index contributed by atoms with van der Waals surface area (Å²) in [6.07, 6.45) is 0. The standard InChI is InChI=1S/C11H15N3OS/c1-8(14-9(2)15)6-13-11(5-12)10-3-4-16-7-10/h3-4,7-8,11,13H,6H2,1-2H3,(H,14,15). The van der Waals surface area contributed by atoms with Crippen molar-refractivity contribution in [2.75, 3.05) is 6.54 Å². The Hall–Kier alpha value is -1.38. The first-order valence-corrected chi connectivity index (χ1v) is 6.00. The molecule has 86 valence electrons. The number of hydrogen-bond acceptors (Lipinski definition) is 4. The zero-order valence-electron chi connectivity index (χ0n) is 9.36. The van der Waals surface area contributed by atoms with Crippen molar-refractivity contribution in [3.8, 4) is 6.07 Å². The number of carbonyl (C=O) groups excluding carboxylic acids is 1. The molecule has 2 unspecified atom stereocenters. The van der Waals surface area contributed by atoms with Crippen LogP contribution in [0, 0.1) is 11.3 Å². The van der Waals surface area contributed by atoms with Crippen molar-refractivity contribution in [3.05, 3.63) is 22.4 Å². The molecule has 2 atom stereocenters. The molecule has 0 spiro atoms. The van der Waals surface area contributed by atoms with Gasteiger partial charge in [-0.05, 0) is 29.3 Å². The van der Waals surface area contributed by atoms with Crippen LogP contribution in [0.4, 0.5) is 0 Å². The van der Waals surface area contributed by atoms with E-state index >= 15 is 0 Å². The topological polar surface area (TPSA) is 64.9 Å². The molecule has 1 rings (SSSR count). The molecule has 5 heteroatoms. The quantitative estimate of drug-likeness (QED) is 0.814. The fraction of sp³-hybridized carbons (Fsp3) is 0.455. The minimum Gasteiger partial charge on any atom is -0.353 e. The maximum absolute atomic E-state index is 10.8. The smallest absolute Gasteiger partial charge is 0.217 e. The molecular formula is C11H15N3OS. The molecule has 0 saturated heterocycles. The molecule has 16 heavy (non-hydrogen) atoms. The lowest BCUT2D eigenvalue weighted by Crippen LogP contribution is -2.39.